The third-order valence-electron chi connectivity index (χ3n) is 8.71. The Morgan fingerprint density at radius 3 is 2.49 bits per heavy atom. The Balaban J connectivity index is 1.68. The highest BCUT2D eigenvalue weighted by Crippen LogP contribution is 2.53. The molecule has 3 aliphatic rings. The Morgan fingerprint density at radius 1 is 1.08 bits per heavy atom. The number of carbonyl (C=O) groups is 3. The highest BCUT2D eigenvalue weighted by molar-refractivity contribution is 6.25. The minimum Gasteiger partial charge on any atom is -0.496 e. The lowest BCUT2D eigenvalue weighted by molar-refractivity contribution is -0.139. The van der Waals surface area contributed by atoms with Gasteiger partial charge in [-0.1, -0.05) is 22.9 Å². The van der Waals surface area contributed by atoms with Gasteiger partial charge in [-0.2, -0.15) is 0 Å². The van der Waals surface area contributed by atoms with Gasteiger partial charge in [-0.25, -0.2) is 0 Å². The molecule has 3 aliphatic carbocycles. The van der Waals surface area contributed by atoms with Gasteiger partial charge in [0.2, 0.25) is 5.78 Å². The number of hydrogen-bond acceptors (Lipinski definition) is 7. The highest BCUT2D eigenvalue weighted by atomic mass is 16.6. The molecule has 0 radical (unpaired) electrons. The lowest BCUT2D eigenvalue weighted by Gasteiger charge is -2.48. The summed E-state index contributed by atoms with van der Waals surface area (Å²) in [4.78, 5) is 44.9. The van der Waals surface area contributed by atoms with Crippen molar-refractivity contribution >= 4 is 23.6 Å². The number of carbonyl (C=O) groups excluding carboxylic acids is 3. The SMILES string of the molecule is CO/N=C/c1ccc(OC)c(-c2ccc(C)c3c2C[C@H]2C[C@H]4CC(C)=C(C(C)=O)C(=O)[C@@]4(O)C(C)=C2C3=O)c1. The quantitative estimate of drug-likeness (QED) is 0.335. The van der Waals surface area contributed by atoms with Gasteiger partial charge >= 0.3 is 0 Å². The smallest absolute Gasteiger partial charge is 0.202 e. The maximum Gasteiger partial charge on any atom is 0.202 e. The Hall–Kier alpha value is -3.84. The van der Waals surface area contributed by atoms with Crippen molar-refractivity contribution in [3.63, 3.8) is 0 Å². The first kappa shape index (κ1) is 26.8. The number of ketones is 3. The van der Waals surface area contributed by atoms with E-state index in [4.69, 9.17) is 9.57 Å². The van der Waals surface area contributed by atoms with Gasteiger partial charge in [0.25, 0.3) is 0 Å². The summed E-state index contributed by atoms with van der Waals surface area (Å²) in [5, 5.41) is 15.7. The number of oxime groups is 1. The van der Waals surface area contributed by atoms with Gasteiger partial charge in [-0.05, 0) is 98.9 Å². The van der Waals surface area contributed by atoms with Crippen molar-refractivity contribution in [1.82, 2.24) is 0 Å². The van der Waals surface area contributed by atoms with Crippen molar-refractivity contribution in [3.8, 4) is 16.9 Å². The molecule has 0 unspecified atom stereocenters. The standard InChI is InChI=1S/C32H33NO6/c1-16-7-9-23(24-12-20(15-33-39-6)8-10-26(24)38-5)25-14-21-13-22-11-17(2)27(19(4)34)31(36)32(22,37)18(3)29(21)30(35)28(16)25/h7-10,12,15,21-22,37H,11,13-14H2,1-6H3/b33-15+/t21-,22-,32-/m1/s1. The first-order valence-electron chi connectivity index (χ1n) is 13.2. The highest BCUT2D eigenvalue weighted by Gasteiger charge is 2.56. The first-order valence-corrected chi connectivity index (χ1v) is 13.2. The summed E-state index contributed by atoms with van der Waals surface area (Å²) in [6.07, 6.45) is 3.13. The fourth-order valence-corrected chi connectivity index (χ4v) is 6.95. The van der Waals surface area contributed by atoms with Crippen LogP contribution in [-0.4, -0.2) is 48.5 Å². The lowest BCUT2D eigenvalue weighted by atomic mass is 9.57. The molecule has 2 aromatic rings. The monoisotopic (exact) mass is 527 g/mol. The molecule has 0 saturated heterocycles. The fourth-order valence-electron chi connectivity index (χ4n) is 6.95. The number of ether oxygens (including phenoxy) is 1. The zero-order valence-electron chi connectivity index (χ0n) is 23.2. The van der Waals surface area contributed by atoms with Crippen LogP contribution in [0.25, 0.3) is 11.1 Å². The maximum absolute atomic E-state index is 14.2. The molecule has 0 bridgehead atoms. The van der Waals surface area contributed by atoms with E-state index in [0.29, 0.717) is 47.3 Å². The summed E-state index contributed by atoms with van der Waals surface area (Å²) in [6.45, 7) is 6.74. The Kier molecular flexibility index (Phi) is 6.67. The number of aliphatic hydroxyl groups is 1. The van der Waals surface area contributed by atoms with Crippen LogP contribution in [0.5, 0.6) is 5.75 Å². The molecule has 7 nitrogen and oxygen atoms in total. The number of aryl methyl sites for hydroxylation is 1. The minimum atomic E-state index is -1.84. The van der Waals surface area contributed by atoms with Crippen molar-refractivity contribution in [2.24, 2.45) is 17.0 Å². The van der Waals surface area contributed by atoms with Crippen molar-refractivity contribution in [2.45, 2.75) is 52.6 Å². The summed E-state index contributed by atoms with van der Waals surface area (Å²) in [5.41, 5.74) is 4.76. The third kappa shape index (κ3) is 3.98. The van der Waals surface area contributed by atoms with E-state index in [2.05, 4.69) is 5.16 Å². The Bertz CT molecular complexity index is 1530. The van der Waals surface area contributed by atoms with E-state index in [0.717, 1.165) is 27.8 Å². The fraction of sp³-hybridized carbons (Fsp3) is 0.375. The molecule has 5 rings (SSSR count). The molecule has 202 valence electrons. The summed E-state index contributed by atoms with van der Waals surface area (Å²) < 4.78 is 5.69. The average molecular weight is 528 g/mol. The number of benzene rings is 2. The van der Waals surface area contributed by atoms with E-state index in [1.807, 2.05) is 37.3 Å². The number of methoxy groups -OCH3 is 1. The molecule has 2 aromatic carbocycles. The molecule has 0 saturated carbocycles. The van der Waals surface area contributed by atoms with Crippen LogP contribution in [0.2, 0.25) is 0 Å². The summed E-state index contributed by atoms with van der Waals surface area (Å²) >= 11 is 0. The van der Waals surface area contributed by atoms with E-state index in [1.165, 1.54) is 14.0 Å². The second-order valence-electron chi connectivity index (χ2n) is 10.9. The predicted molar refractivity (Wildman–Crippen MR) is 148 cm³/mol. The number of Topliss-reactive ketones (excluding diaryl/α,β-unsaturated/α-hetero) is 3. The molecule has 7 heteroatoms. The van der Waals surface area contributed by atoms with E-state index in [-0.39, 0.29) is 23.1 Å². The van der Waals surface area contributed by atoms with Gasteiger partial charge < -0.3 is 14.7 Å². The van der Waals surface area contributed by atoms with Crippen molar-refractivity contribution in [2.75, 3.05) is 14.2 Å². The average Bonchev–Trinajstić information content (AvgIpc) is 2.89. The molecule has 1 N–H and O–H groups in total. The Morgan fingerprint density at radius 2 is 1.82 bits per heavy atom. The molecular weight excluding hydrogens is 494 g/mol. The summed E-state index contributed by atoms with van der Waals surface area (Å²) in [6, 6.07) is 9.66. The maximum atomic E-state index is 14.2. The first-order chi connectivity index (χ1) is 18.5. The van der Waals surface area contributed by atoms with Crippen LogP contribution in [0.4, 0.5) is 0 Å². The molecule has 3 atom stereocenters. The molecule has 0 heterocycles. The van der Waals surface area contributed by atoms with Crippen LogP contribution in [0.3, 0.4) is 0 Å². The van der Waals surface area contributed by atoms with E-state index in [9.17, 15) is 19.5 Å². The van der Waals surface area contributed by atoms with Gasteiger partial charge in [0.1, 0.15) is 12.9 Å². The molecule has 0 spiro atoms. The van der Waals surface area contributed by atoms with Crippen LogP contribution in [0.15, 0.2) is 57.8 Å². The van der Waals surface area contributed by atoms with Gasteiger partial charge in [0.05, 0.1) is 18.9 Å². The number of fused-ring (bicyclic) bond motifs is 3. The van der Waals surface area contributed by atoms with E-state index in [1.54, 1.807) is 27.2 Å². The van der Waals surface area contributed by atoms with Crippen LogP contribution in [0.1, 0.15) is 60.7 Å². The molecule has 39 heavy (non-hydrogen) atoms. The van der Waals surface area contributed by atoms with Gasteiger partial charge in [-0.3, -0.25) is 14.4 Å². The van der Waals surface area contributed by atoms with Crippen molar-refractivity contribution in [3.05, 3.63) is 74.9 Å². The zero-order valence-corrected chi connectivity index (χ0v) is 23.2. The number of hydrogen-bond donors (Lipinski definition) is 1. The lowest BCUT2D eigenvalue weighted by Crippen LogP contribution is -2.56. The van der Waals surface area contributed by atoms with E-state index >= 15 is 0 Å². The number of nitrogens with zero attached hydrogens (tertiary/aromatic N) is 1. The zero-order chi connectivity index (χ0) is 28.2. The van der Waals surface area contributed by atoms with Gasteiger partial charge in [0.15, 0.2) is 17.2 Å². The Labute approximate surface area is 228 Å². The third-order valence-corrected chi connectivity index (χ3v) is 8.71. The molecule has 0 aliphatic heterocycles. The molecule has 0 aromatic heterocycles. The molecular formula is C32H33NO6. The summed E-state index contributed by atoms with van der Waals surface area (Å²) in [7, 11) is 3.10. The second-order valence-corrected chi connectivity index (χ2v) is 10.9. The van der Waals surface area contributed by atoms with Crippen LogP contribution < -0.4 is 4.74 Å². The predicted octanol–water partition coefficient (Wildman–Crippen LogP) is 4.95. The molecule has 0 amide bonds. The minimum absolute atomic E-state index is 0.0678. The van der Waals surface area contributed by atoms with Crippen molar-refractivity contribution in [1.29, 1.82) is 0 Å². The van der Waals surface area contributed by atoms with Gasteiger partial charge in [-0.15, -0.1) is 0 Å². The van der Waals surface area contributed by atoms with Gasteiger partial charge in [0, 0.05) is 22.6 Å². The topological polar surface area (TPSA) is 102 Å². The largest absolute Gasteiger partial charge is 0.496 e. The van der Waals surface area contributed by atoms with Crippen LogP contribution in [0, 0.1) is 18.8 Å². The van der Waals surface area contributed by atoms with Crippen molar-refractivity contribution < 1.29 is 29.1 Å². The van der Waals surface area contributed by atoms with Crippen LogP contribution >= 0.6 is 0 Å². The van der Waals surface area contributed by atoms with E-state index < -0.39 is 17.3 Å². The number of rotatable bonds is 5. The normalized spacial score (nSPS) is 24.5. The molecule has 0 fully saturated rings. The number of allylic oxidation sites excluding steroid dienone is 2. The van der Waals surface area contributed by atoms with Crippen LogP contribution in [-0.2, 0) is 20.8 Å². The second kappa shape index (κ2) is 9.72. The summed E-state index contributed by atoms with van der Waals surface area (Å²) in [5.74, 6) is -0.960.